The van der Waals surface area contributed by atoms with E-state index in [0.717, 1.165) is 0 Å². The van der Waals surface area contributed by atoms with Crippen LogP contribution in [0.3, 0.4) is 0 Å². The maximum Gasteiger partial charge on any atom is 0.356 e. The third kappa shape index (κ3) is 3.21. The van der Waals surface area contributed by atoms with Gasteiger partial charge in [-0.05, 0) is 51.1 Å². The lowest BCUT2D eigenvalue weighted by atomic mass is 10.1. The number of benzene rings is 1. The van der Waals surface area contributed by atoms with Crippen molar-refractivity contribution < 1.29 is 18.7 Å². The molecule has 116 valence electrons. The van der Waals surface area contributed by atoms with Gasteiger partial charge in [-0.3, -0.25) is 4.79 Å². The van der Waals surface area contributed by atoms with Gasteiger partial charge in [-0.2, -0.15) is 5.10 Å². The minimum atomic E-state index is -0.589. The number of hydrogen-bond acceptors (Lipinski definition) is 4. The zero-order chi connectivity index (χ0) is 16.3. The second-order valence-electron chi connectivity index (χ2n) is 4.87. The Morgan fingerprint density at radius 3 is 2.50 bits per heavy atom. The van der Waals surface area contributed by atoms with E-state index in [1.54, 1.807) is 32.0 Å². The molecule has 0 saturated heterocycles. The summed E-state index contributed by atoms with van der Waals surface area (Å²) in [6, 6.07) is 6.71. The van der Waals surface area contributed by atoms with Crippen LogP contribution in [0.4, 0.5) is 4.39 Å². The first-order valence-electron chi connectivity index (χ1n) is 6.97. The Morgan fingerprint density at radius 2 is 1.95 bits per heavy atom. The van der Waals surface area contributed by atoms with Crippen molar-refractivity contribution in [1.29, 1.82) is 0 Å². The number of hydrogen-bond donors (Lipinski definition) is 0. The minimum absolute atomic E-state index is 0.126. The first kappa shape index (κ1) is 15.9. The molecule has 1 aromatic carbocycles. The molecule has 1 unspecified atom stereocenters. The number of carbonyl (C=O) groups excluding carboxylic acids is 2. The highest BCUT2D eigenvalue weighted by Crippen LogP contribution is 2.23. The highest BCUT2D eigenvalue weighted by atomic mass is 19.1. The Morgan fingerprint density at radius 1 is 1.32 bits per heavy atom. The number of carbonyl (C=O) groups is 2. The summed E-state index contributed by atoms with van der Waals surface area (Å²) >= 11 is 0. The van der Waals surface area contributed by atoms with Crippen molar-refractivity contribution in [2.24, 2.45) is 0 Å². The highest BCUT2D eigenvalue weighted by Gasteiger charge is 2.22. The number of ketones is 1. The molecular weight excluding hydrogens is 287 g/mol. The molecule has 0 radical (unpaired) electrons. The predicted octanol–water partition coefficient (Wildman–Crippen LogP) is 3.02. The molecule has 0 amide bonds. The monoisotopic (exact) mass is 304 g/mol. The first-order valence-corrected chi connectivity index (χ1v) is 6.97. The molecule has 0 N–H and O–H groups in total. The molecule has 1 atom stereocenters. The van der Waals surface area contributed by atoms with Crippen molar-refractivity contribution in [3.8, 4) is 11.3 Å². The smallest absolute Gasteiger partial charge is 0.356 e. The average Bonchev–Trinajstić information content (AvgIpc) is 2.92. The van der Waals surface area contributed by atoms with Crippen LogP contribution in [0.5, 0.6) is 0 Å². The van der Waals surface area contributed by atoms with Crippen molar-refractivity contribution >= 4 is 11.8 Å². The van der Waals surface area contributed by atoms with Crippen LogP contribution in [-0.2, 0) is 9.53 Å². The van der Waals surface area contributed by atoms with Crippen LogP contribution in [-0.4, -0.2) is 28.1 Å². The Bertz CT molecular complexity index is 692. The van der Waals surface area contributed by atoms with E-state index in [-0.39, 0.29) is 23.9 Å². The van der Waals surface area contributed by atoms with Gasteiger partial charge in [0.25, 0.3) is 0 Å². The van der Waals surface area contributed by atoms with Gasteiger partial charge in [-0.15, -0.1) is 0 Å². The molecule has 5 nitrogen and oxygen atoms in total. The Hall–Kier alpha value is -2.50. The van der Waals surface area contributed by atoms with Crippen LogP contribution in [0.25, 0.3) is 11.3 Å². The van der Waals surface area contributed by atoms with E-state index in [9.17, 15) is 14.0 Å². The van der Waals surface area contributed by atoms with E-state index < -0.39 is 12.0 Å². The van der Waals surface area contributed by atoms with E-state index in [4.69, 9.17) is 4.74 Å². The normalized spacial score (nSPS) is 12.0. The summed E-state index contributed by atoms with van der Waals surface area (Å²) in [5, 5.41) is 4.31. The quantitative estimate of drug-likeness (QED) is 0.797. The van der Waals surface area contributed by atoms with Crippen LogP contribution in [0.15, 0.2) is 30.3 Å². The Labute approximate surface area is 127 Å². The van der Waals surface area contributed by atoms with Crippen LogP contribution in [0.1, 0.15) is 37.3 Å². The number of ether oxygens (including phenoxy) is 1. The summed E-state index contributed by atoms with van der Waals surface area (Å²) in [6.07, 6.45) is 0. The van der Waals surface area contributed by atoms with Crippen molar-refractivity contribution in [2.45, 2.75) is 26.8 Å². The van der Waals surface area contributed by atoms with Gasteiger partial charge in [0.15, 0.2) is 5.78 Å². The molecule has 0 aliphatic carbocycles. The minimum Gasteiger partial charge on any atom is -0.461 e. The number of nitrogens with zero attached hydrogens (tertiary/aromatic N) is 2. The molecule has 2 rings (SSSR count). The fraction of sp³-hybridized carbons (Fsp3) is 0.312. The largest absolute Gasteiger partial charge is 0.461 e. The molecule has 1 aromatic heterocycles. The molecule has 22 heavy (non-hydrogen) atoms. The van der Waals surface area contributed by atoms with Crippen molar-refractivity contribution in [3.05, 3.63) is 41.8 Å². The summed E-state index contributed by atoms with van der Waals surface area (Å²) in [4.78, 5) is 23.6. The predicted molar refractivity (Wildman–Crippen MR) is 79.0 cm³/mol. The highest BCUT2D eigenvalue weighted by molar-refractivity contribution is 5.90. The second-order valence-corrected chi connectivity index (χ2v) is 4.87. The standard InChI is InChI=1S/C16H17FN2O3/c1-4-22-16(21)15-9-14(12-5-7-13(17)8-6-12)18-19(15)10(2)11(3)20/h5-10H,4H2,1-3H3. The van der Waals surface area contributed by atoms with Gasteiger partial charge in [0, 0.05) is 5.56 Å². The van der Waals surface area contributed by atoms with E-state index in [1.165, 1.54) is 23.7 Å². The van der Waals surface area contributed by atoms with E-state index >= 15 is 0 Å². The molecule has 0 aliphatic heterocycles. The summed E-state index contributed by atoms with van der Waals surface area (Å²) in [5.41, 5.74) is 1.33. The summed E-state index contributed by atoms with van der Waals surface area (Å²) in [5.74, 6) is -1.03. The number of halogens is 1. The van der Waals surface area contributed by atoms with Crippen molar-refractivity contribution in [1.82, 2.24) is 9.78 Å². The molecule has 0 saturated carbocycles. The first-order chi connectivity index (χ1) is 10.4. The number of rotatable bonds is 5. The van der Waals surface area contributed by atoms with Gasteiger partial charge in [-0.25, -0.2) is 13.9 Å². The molecule has 0 aliphatic rings. The maximum absolute atomic E-state index is 13.0. The van der Waals surface area contributed by atoms with Gasteiger partial charge in [0.1, 0.15) is 17.6 Å². The lowest BCUT2D eigenvalue weighted by Gasteiger charge is -2.11. The summed E-state index contributed by atoms with van der Waals surface area (Å²) in [6.45, 7) is 5.02. The van der Waals surface area contributed by atoms with E-state index in [2.05, 4.69) is 5.10 Å². The van der Waals surface area contributed by atoms with Gasteiger partial charge in [0.05, 0.1) is 12.3 Å². The number of aromatic nitrogens is 2. The molecule has 2 aromatic rings. The molecule has 1 heterocycles. The lowest BCUT2D eigenvalue weighted by Crippen LogP contribution is -2.20. The van der Waals surface area contributed by atoms with Crippen molar-refractivity contribution in [3.63, 3.8) is 0 Å². The Kier molecular flexibility index (Phi) is 4.70. The fourth-order valence-corrected chi connectivity index (χ4v) is 1.98. The van der Waals surface area contributed by atoms with Gasteiger partial charge in [0.2, 0.25) is 0 Å². The second kappa shape index (κ2) is 6.51. The lowest BCUT2D eigenvalue weighted by molar-refractivity contribution is -0.119. The SMILES string of the molecule is CCOC(=O)c1cc(-c2ccc(F)cc2)nn1C(C)C(C)=O. The summed E-state index contributed by atoms with van der Waals surface area (Å²) < 4.78 is 19.3. The molecule has 0 spiro atoms. The topological polar surface area (TPSA) is 61.2 Å². The van der Waals surface area contributed by atoms with Crippen molar-refractivity contribution in [2.75, 3.05) is 6.61 Å². The van der Waals surface area contributed by atoms with Gasteiger partial charge in [-0.1, -0.05) is 0 Å². The van der Waals surface area contributed by atoms with E-state index in [1.807, 2.05) is 0 Å². The molecule has 0 fully saturated rings. The van der Waals surface area contributed by atoms with Gasteiger partial charge < -0.3 is 4.74 Å². The third-order valence-corrected chi connectivity index (χ3v) is 3.32. The van der Waals surface area contributed by atoms with Crippen LogP contribution in [0, 0.1) is 5.82 Å². The maximum atomic E-state index is 13.0. The van der Waals surface area contributed by atoms with Crippen LogP contribution < -0.4 is 0 Å². The average molecular weight is 304 g/mol. The number of Topliss-reactive ketones (excluding diaryl/α,β-unsaturated/α-hetero) is 1. The summed E-state index contributed by atoms with van der Waals surface area (Å²) in [7, 11) is 0. The third-order valence-electron chi connectivity index (χ3n) is 3.32. The van der Waals surface area contributed by atoms with Crippen LogP contribution in [0.2, 0.25) is 0 Å². The molecule has 0 bridgehead atoms. The zero-order valence-electron chi connectivity index (χ0n) is 12.7. The van der Waals surface area contributed by atoms with Crippen LogP contribution >= 0.6 is 0 Å². The molecule has 6 heteroatoms. The molecular formula is C16H17FN2O3. The van der Waals surface area contributed by atoms with Gasteiger partial charge >= 0.3 is 5.97 Å². The van der Waals surface area contributed by atoms with E-state index in [0.29, 0.717) is 11.3 Å². The fourth-order valence-electron chi connectivity index (χ4n) is 1.98. The zero-order valence-corrected chi connectivity index (χ0v) is 12.7. The Balaban J connectivity index is 2.49. The number of esters is 1.